The van der Waals surface area contributed by atoms with Crippen LogP contribution in [0.2, 0.25) is 0 Å². The molecule has 0 unspecified atom stereocenters. The van der Waals surface area contributed by atoms with Crippen LogP contribution in [-0.2, 0) is 11.9 Å². The monoisotopic (exact) mass is 314 g/mol. The number of rotatable bonds is 4. The molecule has 0 N–H and O–H groups in total. The van der Waals surface area contributed by atoms with E-state index in [1.165, 1.54) is 0 Å². The molecule has 0 atom stereocenters. The van der Waals surface area contributed by atoms with Gasteiger partial charge in [-0.1, -0.05) is 24.3 Å². The first-order valence-corrected chi connectivity index (χ1v) is 7.96. The van der Waals surface area contributed by atoms with Gasteiger partial charge >= 0.3 is 6.18 Å². The summed E-state index contributed by atoms with van der Waals surface area (Å²) in [6, 6.07) is 7.42. The van der Waals surface area contributed by atoms with E-state index in [0.29, 0.717) is 11.4 Å². The average molecular weight is 314 g/mol. The maximum absolute atomic E-state index is 12.8. The molecule has 1 aromatic heterocycles. The quantitative estimate of drug-likeness (QED) is 0.789. The number of imidazole rings is 1. The van der Waals surface area contributed by atoms with Crippen LogP contribution < -0.4 is 0 Å². The zero-order valence-corrected chi connectivity index (χ0v) is 12.9. The maximum atomic E-state index is 12.8. The highest BCUT2D eigenvalue weighted by molar-refractivity contribution is 7.97. The minimum Gasteiger partial charge on any atom is -0.328 e. The lowest BCUT2D eigenvalue weighted by atomic mass is 10.1. The van der Waals surface area contributed by atoms with Crippen molar-refractivity contribution in [1.82, 2.24) is 9.55 Å². The molecule has 0 fully saturated rings. The van der Waals surface area contributed by atoms with Gasteiger partial charge in [0, 0.05) is 23.6 Å². The molecule has 0 saturated carbocycles. The zero-order chi connectivity index (χ0) is 15.6. The number of benzene rings is 1. The smallest absolute Gasteiger partial charge is 0.328 e. The van der Waals surface area contributed by atoms with Crippen molar-refractivity contribution in [3.63, 3.8) is 0 Å². The van der Waals surface area contributed by atoms with Gasteiger partial charge in [0.2, 0.25) is 0 Å². The number of aromatic nitrogens is 2. The first kappa shape index (κ1) is 15.9. The minimum atomic E-state index is -4.42. The molecule has 1 heterocycles. The third-order valence-corrected chi connectivity index (χ3v) is 3.72. The van der Waals surface area contributed by atoms with E-state index in [0.717, 1.165) is 17.5 Å². The molecule has 0 bridgehead atoms. The fourth-order valence-corrected chi connectivity index (χ4v) is 2.58. The normalized spacial score (nSPS) is 12.1. The molecule has 114 valence electrons. The van der Waals surface area contributed by atoms with Gasteiger partial charge in [0.1, 0.15) is 5.82 Å². The summed E-state index contributed by atoms with van der Waals surface area (Å²) >= 11 is 1.70. The number of nitrogens with zero attached hydrogens (tertiary/aromatic N) is 2. The fraction of sp³-hybridized carbons (Fsp3) is 0.400. The van der Waals surface area contributed by atoms with E-state index in [2.05, 4.69) is 4.98 Å². The van der Waals surface area contributed by atoms with Crippen LogP contribution in [-0.4, -0.2) is 15.8 Å². The van der Waals surface area contributed by atoms with Crippen LogP contribution in [0.5, 0.6) is 0 Å². The van der Waals surface area contributed by atoms with Crippen LogP contribution >= 0.6 is 11.8 Å². The van der Waals surface area contributed by atoms with Crippen molar-refractivity contribution in [2.75, 3.05) is 6.26 Å². The van der Waals surface area contributed by atoms with E-state index >= 15 is 0 Å². The molecule has 2 rings (SSSR count). The highest BCUT2D eigenvalue weighted by Gasteiger charge is 2.35. The molecular weight excluding hydrogens is 297 g/mol. The summed E-state index contributed by atoms with van der Waals surface area (Å²) in [5.74, 6) is 1.24. The van der Waals surface area contributed by atoms with Gasteiger partial charge in [-0.2, -0.15) is 24.9 Å². The summed E-state index contributed by atoms with van der Waals surface area (Å²) in [5.41, 5.74) is 0.994. The molecule has 2 aromatic rings. The predicted octanol–water partition coefficient (Wildman–Crippen LogP) is 5.01. The Hall–Kier alpha value is -1.43. The fourth-order valence-electron chi connectivity index (χ4n) is 2.05. The van der Waals surface area contributed by atoms with Gasteiger partial charge in [-0.15, -0.1) is 0 Å². The topological polar surface area (TPSA) is 17.8 Å². The van der Waals surface area contributed by atoms with Crippen molar-refractivity contribution in [2.45, 2.75) is 31.8 Å². The van der Waals surface area contributed by atoms with E-state index in [1.54, 1.807) is 16.3 Å². The predicted molar refractivity (Wildman–Crippen MR) is 80.3 cm³/mol. The molecule has 1 aromatic carbocycles. The summed E-state index contributed by atoms with van der Waals surface area (Å²) in [7, 11) is 0. The average Bonchev–Trinajstić information content (AvgIpc) is 2.85. The van der Waals surface area contributed by atoms with E-state index < -0.39 is 11.9 Å². The Labute approximate surface area is 126 Å². The summed E-state index contributed by atoms with van der Waals surface area (Å²) in [4.78, 5) is 3.78. The summed E-state index contributed by atoms with van der Waals surface area (Å²) in [6.07, 6.45) is -1.33. The van der Waals surface area contributed by atoms with Gasteiger partial charge in [0.15, 0.2) is 5.69 Å². The van der Waals surface area contributed by atoms with Crippen LogP contribution in [0.4, 0.5) is 13.2 Å². The molecule has 0 aliphatic rings. The Morgan fingerprint density at radius 2 is 1.81 bits per heavy atom. The van der Waals surface area contributed by atoms with Gasteiger partial charge < -0.3 is 4.57 Å². The molecule has 0 aliphatic carbocycles. The first-order chi connectivity index (χ1) is 9.82. The Morgan fingerprint density at radius 3 is 2.29 bits per heavy atom. The molecule has 0 radical (unpaired) electrons. The van der Waals surface area contributed by atoms with Gasteiger partial charge in [-0.25, -0.2) is 4.98 Å². The number of alkyl halides is 3. The third-order valence-electron chi connectivity index (χ3n) is 3.10. The van der Waals surface area contributed by atoms with Crippen molar-refractivity contribution in [2.24, 2.45) is 0 Å². The number of thioether (sulfide) groups is 1. The lowest BCUT2D eigenvalue weighted by molar-refractivity contribution is -0.140. The molecule has 6 heteroatoms. The largest absolute Gasteiger partial charge is 0.434 e. The lowest BCUT2D eigenvalue weighted by Gasteiger charge is -2.11. The molecule has 0 aliphatic heterocycles. The van der Waals surface area contributed by atoms with Crippen molar-refractivity contribution >= 4 is 11.8 Å². The lowest BCUT2D eigenvalue weighted by Crippen LogP contribution is -2.05. The van der Waals surface area contributed by atoms with Crippen molar-refractivity contribution in [3.05, 3.63) is 41.7 Å². The minimum absolute atomic E-state index is 0.0885. The Bertz CT molecular complexity index is 600. The Balaban J connectivity index is 2.44. The van der Waals surface area contributed by atoms with Crippen LogP contribution in [0, 0.1) is 0 Å². The first-order valence-electron chi connectivity index (χ1n) is 6.57. The second kappa shape index (κ2) is 6.13. The second-order valence-corrected chi connectivity index (χ2v) is 5.94. The van der Waals surface area contributed by atoms with E-state index in [9.17, 15) is 13.2 Å². The number of halogens is 3. The maximum Gasteiger partial charge on any atom is 0.434 e. The molecule has 0 spiro atoms. The number of hydrogen-bond donors (Lipinski definition) is 0. The van der Waals surface area contributed by atoms with Gasteiger partial charge in [0.05, 0.1) is 0 Å². The number of hydrogen-bond acceptors (Lipinski definition) is 2. The summed E-state index contributed by atoms with van der Waals surface area (Å²) < 4.78 is 40.1. The van der Waals surface area contributed by atoms with Crippen LogP contribution in [0.3, 0.4) is 0 Å². The Morgan fingerprint density at radius 1 is 1.19 bits per heavy atom. The van der Waals surface area contributed by atoms with Crippen molar-refractivity contribution in [1.29, 1.82) is 0 Å². The van der Waals surface area contributed by atoms with Crippen molar-refractivity contribution < 1.29 is 13.2 Å². The van der Waals surface area contributed by atoms with Crippen molar-refractivity contribution in [3.8, 4) is 11.4 Å². The standard InChI is InChI=1S/C15H17F3N2S/c1-10(2)20-8-13(15(16,17)18)19-14(20)12-6-4-11(5-7-12)9-21-3/h4-8,10H,9H2,1-3H3. The zero-order valence-electron chi connectivity index (χ0n) is 12.1. The molecular formula is C15H17F3N2S. The molecule has 0 saturated heterocycles. The SMILES string of the molecule is CSCc1ccc(-c2nc(C(F)(F)F)cn2C(C)C)cc1. The molecule has 21 heavy (non-hydrogen) atoms. The van der Waals surface area contributed by atoms with Gasteiger partial charge in [0.25, 0.3) is 0 Å². The summed E-state index contributed by atoms with van der Waals surface area (Å²) in [5, 5.41) is 0. The van der Waals surface area contributed by atoms with E-state index in [4.69, 9.17) is 0 Å². The summed E-state index contributed by atoms with van der Waals surface area (Å²) in [6.45, 7) is 3.68. The van der Waals surface area contributed by atoms with Crippen LogP contribution in [0.15, 0.2) is 30.5 Å². The highest BCUT2D eigenvalue weighted by atomic mass is 32.2. The Kier molecular flexibility index (Phi) is 4.66. The van der Waals surface area contributed by atoms with Gasteiger partial charge in [-0.3, -0.25) is 0 Å². The second-order valence-electron chi connectivity index (χ2n) is 5.08. The van der Waals surface area contributed by atoms with E-state index in [-0.39, 0.29) is 6.04 Å². The van der Waals surface area contributed by atoms with E-state index in [1.807, 2.05) is 44.4 Å². The molecule has 2 nitrogen and oxygen atoms in total. The van der Waals surface area contributed by atoms with Crippen LogP contribution in [0.1, 0.15) is 31.1 Å². The molecule has 0 amide bonds. The third kappa shape index (κ3) is 3.61. The highest BCUT2D eigenvalue weighted by Crippen LogP contribution is 2.32. The van der Waals surface area contributed by atoms with Gasteiger partial charge in [-0.05, 0) is 25.7 Å². The van der Waals surface area contributed by atoms with Crippen LogP contribution in [0.25, 0.3) is 11.4 Å².